The summed E-state index contributed by atoms with van der Waals surface area (Å²) in [6.07, 6.45) is 6.57. The van der Waals surface area contributed by atoms with Crippen molar-refractivity contribution in [3.8, 4) is 0 Å². The van der Waals surface area contributed by atoms with Gasteiger partial charge in [0.05, 0.1) is 18.8 Å². The van der Waals surface area contributed by atoms with E-state index >= 15 is 0 Å². The second-order valence-electron chi connectivity index (χ2n) is 11.1. The lowest BCUT2D eigenvalue weighted by Gasteiger charge is -2.45. The highest BCUT2D eigenvalue weighted by atomic mass is 19.3. The predicted molar refractivity (Wildman–Crippen MR) is 126 cm³/mol. The number of allylic oxidation sites excluding steroid dienone is 3. The van der Waals surface area contributed by atoms with Crippen molar-refractivity contribution in [2.24, 2.45) is 23.2 Å². The molecule has 3 saturated carbocycles. The van der Waals surface area contributed by atoms with Crippen LogP contribution < -0.4 is 0 Å². The van der Waals surface area contributed by atoms with Gasteiger partial charge in [0.2, 0.25) is 0 Å². The molecule has 4 rings (SSSR count). The van der Waals surface area contributed by atoms with Crippen molar-refractivity contribution in [3.63, 3.8) is 0 Å². The number of aliphatic hydroxyl groups excluding tert-OH is 2. The van der Waals surface area contributed by atoms with Gasteiger partial charge in [-0.25, -0.2) is 8.78 Å². The Morgan fingerprint density at radius 1 is 1.27 bits per heavy atom. The van der Waals surface area contributed by atoms with Crippen LogP contribution in [0.4, 0.5) is 8.78 Å². The number of nitrogens with zero attached hydrogens (tertiary/aromatic N) is 1. The first kappa shape index (κ1) is 25.0. The molecule has 1 heterocycles. The average Bonchev–Trinajstić information content (AvgIpc) is 3.13. The molecule has 0 aromatic heterocycles. The molecular weight excluding hydrogens is 424 g/mol. The van der Waals surface area contributed by atoms with Crippen molar-refractivity contribution >= 4 is 0 Å². The lowest BCUT2D eigenvalue weighted by molar-refractivity contribution is -0.106. The molecule has 186 valence electrons. The Bertz CT molecular complexity index is 781. The van der Waals surface area contributed by atoms with Gasteiger partial charge in [0.15, 0.2) is 0 Å². The largest absolute Gasteiger partial charge is 0.393 e. The summed E-state index contributed by atoms with van der Waals surface area (Å²) in [5.41, 5.74) is 3.42. The molecule has 7 atom stereocenters. The van der Waals surface area contributed by atoms with Gasteiger partial charge in [-0.3, -0.25) is 4.90 Å². The van der Waals surface area contributed by atoms with E-state index in [0.29, 0.717) is 43.7 Å². The molecule has 1 unspecified atom stereocenters. The fourth-order valence-electron chi connectivity index (χ4n) is 7.26. The maximum atomic E-state index is 13.1. The van der Waals surface area contributed by atoms with E-state index in [-0.39, 0.29) is 5.41 Å². The van der Waals surface area contributed by atoms with Gasteiger partial charge in [0, 0.05) is 26.1 Å². The lowest BCUT2D eigenvalue weighted by atomic mass is 9.61. The fourth-order valence-corrected chi connectivity index (χ4v) is 7.26. The van der Waals surface area contributed by atoms with Crippen molar-refractivity contribution < 1.29 is 23.7 Å². The van der Waals surface area contributed by atoms with Gasteiger partial charge < -0.3 is 14.9 Å². The first-order valence-corrected chi connectivity index (χ1v) is 12.8. The van der Waals surface area contributed by atoms with Crippen LogP contribution in [-0.2, 0) is 4.74 Å². The maximum Gasteiger partial charge on any atom is 0.265 e. The molecule has 0 radical (unpaired) electrons. The number of fused-ring (bicyclic) bond motifs is 1. The first-order chi connectivity index (χ1) is 15.7. The molecule has 6 heteroatoms. The number of rotatable bonds is 5. The molecule has 1 saturated heterocycles. The first-order valence-electron chi connectivity index (χ1n) is 12.8. The molecule has 0 amide bonds. The highest BCUT2D eigenvalue weighted by Crippen LogP contribution is 2.59. The van der Waals surface area contributed by atoms with Gasteiger partial charge in [0.25, 0.3) is 6.43 Å². The molecule has 0 aromatic carbocycles. The summed E-state index contributed by atoms with van der Waals surface area (Å²) in [5.74, 6) is 1.58. The SMILES string of the molecule is C=C1/C(=C\C=C2/CCC[C@]3(C)[C@@H](C(C)CN4CCO[C@H](C(F)F)C4)CC[C@@H]23)C[C@@H](O)C[C@@H]1O. The van der Waals surface area contributed by atoms with E-state index < -0.39 is 24.7 Å². The van der Waals surface area contributed by atoms with Crippen molar-refractivity contribution in [1.29, 1.82) is 0 Å². The van der Waals surface area contributed by atoms with Crippen molar-refractivity contribution in [1.82, 2.24) is 4.90 Å². The zero-order chi connectivity index (χ0) is 23.8. The van der Waals surface area contributed by atoms with E-state index in [4.69, 9.17) is 4.74 Å². The van der Waals surface area contributed by atoms with E-state index in [2.05, 4.69) is 37.5 Å². The number of morpholine rings is 1. The molecule has 0 aromatic rings. The van der Waals surface area contributed by atoms with Gasteiger partial charge in [-0.2, -0.15) is 0 Å². The molecule has 33 heavy (non-hydrogen) atoms. The second kappa shape index (κ2) is 10.3. The number of hydrogen-bond acceptors (Lipinski definition) is 4. The third-order valence-electron chi connectivity index (χ3n) is 8.99. The number of hydrogen-bond donors (Lipinski definition) is 2. The number of alkyl halides is 2. The van der Waals surface area contributed by atoms with E-state index in [1.54, 1.807) is 0 Å². The van der Waals surface area contributed by atoms with Crippen LogP contribution in [0.2, 0.25) is 0 Å². The van der Waals surface area contributed by atoms with Crippen molar-refractivity contribution in [3.05, 3.63) is 35.5 Å². The monoisotopic (exact) mass is 465 g/mol. The summed E-state index contributed by atoms with van der Waals surface area (Å²) < 4.78 is 31.5. The molecule has 4 aliphatic rings. The molecular formula is C27H41F2NO3. The van der Waals surface area contributed by atoms with E-state index in [1.807, 2.05) is 0 Å². The summed E-state index contributed by atoms with van der Waals surface area (Å²) in [6.45, 7) is 11.1. The van der Waals surface area contributed by atoms with Crippen LogP contribution in [0.5, 0.6) is 0 Å². The Balaban J connectivity index is 1.44. The Morgan fingerprint density at radius 2 is 2.06 bits per heavy atom. The summed E-state index contributed by atoms with van der Waals surface area (Å²) in [7, 11) is 0. The van der Waals surface area contributed by atoms with E-state index in [9.17, 15) is 19.0 Å². The van der Waals surface area contributed by atoms with Gasteiger partial charge in [-0.05, 0) is 72.8 Å². The highest BCUT2D eigenvalue weighted by Gasteiger charge is 2.50. The van der Waals surface area contributed by atoms with Gasteiger partial charge in [-0.15, -0.1) is 0 Å². The standard InChI is InChI=1S/C27H41F2NO3/c1-17(15-30-11-12-33-25(16-30)26(28)29)22-8-9-23-19(5-4-10-27(22,23)3)6-7-20-13-21(31)14-24(32)18(20)2/h6-7,17,21-26,31-32H,2,4-5,8-16H2,1,3H3/b19-6+,20-7-/t17?,21-,22-,23+,24+,25+,27-/m1/s1. The van der Waals surface area contributed by atoms with Crippen molar-refractivity contribution in [2.45, 2.75) is 83.5 Å². The van der Waals surface area contributed by atoms with Crippen LogP contribution in [0.25, 0.3) is 0 Å². The minimum Gasteiger partial charge on any atom is -0.393 e. The van der Waals surface area contributed by atoms with E-state index in [0.717, 1.165) is 30.7 Å². The number of halogens is 2. The Morgan fingerprint density at radius 3 is 2.82 bits per heavy atom. The van der Waals surface area contributed by atoms with Crippen molar-refractivity contribution in [2.75, 3.05) is 26.2 Å². The third kappa shape index (κ3) is 5.29. The minimum absolute atomic E-state index is 0.235. The summed E-state index contributed by atoms with van der Waals surface area (Å²) in [5, 5.41) is 20.2. The summed E-state index contributed by atoms with van der Waals surface area (Å²) >= 11 is 0. The highest BCUT2D eigenvalue weighted by molar-refractivity contribution is 5.38. The van der Waals surface area contributed by atoms with E-state index in [1.165, 1.54) is 31.3 Å². The number of aliphatic hydroxyl groups is 2. The minimum atomic E-state index is -2.42. The van der Waals surface area contributed by atoms with Gasteiger partial charge in [0.1, 0.15) is 6.10 Å². The Labute approximate surface area is 197 Å². The molecule has 4 fully saturated rings. The fraction of sp³-hybridized carbons (Fsp3) is 0.778. The molecule has 2 N–H and O–H groups in total. The van der Waals surface area contributed by atoms with Crippen LogP contribution in [0.3, 0.4) is 0 Å². The molecule has 4 nitrogen and oxygen atoms in total. The second-order valence-corrected chi connectivity index (χ2v) is 11.1. The van der Waals surface area contributed by atoms with Gasteiger partial charge in [-0.1, -0.05) is 38.2 Å². The Hall–Kier alpha value is -1.08. The van der Waals surface area contributed by atoms with Crippen LogP contribution >= 0.6 is 0 Å². The van der Waals surface area contributed by atoms with Crippen LogP contribution in [-0.4, -0.2) is 66.1 Å². The zero-order valence-corrected chi connectivity index (χ0v) is 20.2. The average molecular weight is 466 g/mol. The molecule has 0 spiro atoms. The third-order valence-corrected chi connectivity index (χ3v) is 8.99. The maximum absolute atomic E-state index is 13.1. The summed E-state index contributed by atoms with van der Waals surface area (Å²) in [6, 6.07) is 0. The Kier molecular flexibility index (Phi) is 7.79. The number of ether oxygens (including phenoxy) is 1. The predicted octanol–water partition coefficient (Wildman–Crippen LogP) is 4.73. The van der Waals surface area contributed by atoms with Gasteiger partial charge >= 0.3 is 0 Å². The normalized spacial score (nSPS) is 41.7. The van der Waals surface area contributed by atoms with Crippen LogP contribution in [0, 0.1) is 23.2 Å². The quantitative estimate of drug-likeness (QED) is 0.616. The van der Waals surface area contributed by atoms with Crippen LogP contribution in [0.15, 0.2) is 35.5 Å². The topological polar surface area (TPSA) is 52.9 Å². The lowest BCUT2D eigenvalue weighted by Crippen LogP contribution is -2.48. The molecule has 0 bridgehead atoms. The smallest absolute Gasteiger partial charge is 0.265 e. The molecule has 1 aliphatic heterocycles. The van der Waals surface area contributed by atoms with Crippen LogP contribution in [0.1, 0.15) is 58.8 Å². The summed E-state index contributed by atoms with van der Waals surface area (Å²) in [4.78, 5) is 2.18. The zero-order valence-electron chi connectivity index (χ0n) is 20.2. The molecule has 3 aliphatic carbocycles.